The first-order valence-corrected chi connectivity index (χ1v) is 10.9. The Morgan fingerprint density at radius 2 is 2.04 bits per heavy atom. The molecule has 2 fully saturated rings. The van der Waals surface area contributed by atoms with Crippen LogP contribution in [0.1, 0.15) is 37.2 Å². The molecule has 3 rings (SSSR count). The zero-order valence-electron chi connectivity index (χ0n) is 13.4. The van der Waals surface area contributed by atoms with Gasteiger partial charge in [-0.05, 0) is 72.5 Å². The van der Waals surface area contributed by atoms with Crippen LogP contribution in [0.5, 0.6) is 0 Å². The fraction of sp³-hybridized carbons (Fsp3) is 0.611. The highest BCUT2D eigenvalue weighted by atomic mass is 127. The van der Waals surface area contributed by atoms with Crippen molar-refractivity contribution in [1.29, 1.82) is 0 Å². The summed E-state index contributed by atoms with van der Waals surface area (Å²) in [6, 6.07) is 9.68. The predicted molar refractivity (Wildman–Crippen MR) is 109 cm³/mol. The van der Waals surface area contributed by atoms with E-state index in [1.54, 1.807) is 0 Å². The first-order chi connectivity index (χ1) is 11.2. The molecule has 5 heteroatoms. The molecule has 0 amide bonds. The van der Waals surface area contributed by atoms with Crippen LogP contribution in [0.2, 0.25) is 0 Å². The van der Waals surface area contributed by atoms with Gasteiger partial charge in [-0.2, -0.15) is 0 Å². The first-order valence-electron chi connectivity index (χ1n) is 8.30. The van der Waals surface area contributed by atoms with Gasteiger partial charge < -0.3 is 4.74 Å². The topological polar surface area (TPSA) is 29.5 Å². The largest absolute Gasteiger partial charge is 0.469 e. The van der Waals surface area contributed by atoms with E-state index in [0.717, 1.165) is 19.4 Å². The van der Waals surface area contributed by atoms with Crippen molar-refractivity contribution in [1.82, 2.24) is 4.90 Å². The molecule has 1 aromatic carbocycles. The molecule has 3 nitrogen and oxygen atoms in total. The van der Waals surface area contributed by atoms with Crippen molar-refractivity contribution in [2.24, 2.45) is 5.92 Å². The van der Waals surface area contributed by atoms with Crippen LogP contribution in [0, 0.1) is 9.49 Å². The Morgan fingerprint density at radius 3 is 2.70 bits per heavy atom. The van der Waals surface area contributed by atoms with E-state index < -0.39 is 0 Å². The van der Waals surface area contributed by atoms with Gasteiger partial charge >= 0.3 is 5.97 Å². The number of halogens is 2. The van der Waals surface area contributed by atoms with E-state index in [4.69, 9.17) is 4.74 Å². The van der Waals surface area contributed by atoms with Crippen molar-refractivity contribution < 1.29 is 9.53 Å². The second-order valence-electron chi connectivity index (χ2n) is 6.52. The normalized spacial score (nSPS) is 30.4. The number of benzene rings is 1. The number of hydrogen-bond acceptors (Lipinski definition) is 3. The molecule has 0 saturated carbocycles. The average molecular weight is 539 g/mol. The van der Waals surface area contributed by atoms with E-state index in [1.165, 1.54) is 33.5 Å². The summed E-state index contributed by atoms with van der Waals surface area (Å²) in [6.45, 7) is 1.12. The van der Waals surface area contributed by atoms with Crippen molar-refractivity contribution in [3.05, 3.63) is 33.4 Å². The van der Waals surface area contributed by atoms with Crippen LogP contribution in [-0.4, -0.2) is 41.0 Å². The minimum atomic E-state index is -0.0293. The SMILES string of the molecule is COC(=O)C1C(c2ccc(I)cc2)CC2CCC1N2CCCI. The highest BCUT2D eigenvalue weighted by Crippen LogP contribution is 2.47. The lowest BCUT2D eigenvalue weighted by Gasteiger charge is -2.43. The zero-order valence-corrected chi connectivity index (χ0v) is 17.7. The number of rotatable bonds is 5. The van der Waals surface area contributed by atoms with Crippen molar-refractivity contribution in [3.8, 4) is 0 Å². The lowest BCUT2D eigenvalue weighted by atomic mass is 9.76. The zero-order chi connectivity index (χ0) is 16.4. The van der Waals surface area contributed by atoms with Crippen LogP contribution in [0.3, 0.4) is 0 Å². The van der Waals surface area contributed by atoms with Gasteiger partial charge in [0.15, 0.2) is 0 Å². The molecule has 23 heavy (non-hydrogen) atoms. The van der Waals surface area contributed by atoms with Crippen LogP contribution in [0.4, 0.5) is 0 Å². The van der Waals surface area contributed by atoms with Gasteiger partial charge in [-0.3, -0.25) is 9.69 Å². The summed E-state index contributed by atoms with van der Waals surface area (Å²) < 4.78 is 7.62. The number of alkyl halides is 1. The second-order valence-corrected chi connectivity index (χ2v) is 8.85. The van der Waals surface area contributed by atoms with Crippen LogP contribution < -0.4 is 0 Å². The smallest absolute Gasteiger partial charge is 0.310 e. The van der Waals surface area contributed by atoms with Gasteiger partial charge in [0.05, 0.1) is 13.0 Å². The Morgan fingerprint density at radius 1 is 1.30 bits per heavy atom. The average Bonchev–Trinajstić information content (AvgIpc) is 2.84. The number of hydrogen-bond donors (Lipinski definition) is 0. The highest BCUT2D eigenvalue weighted by molar-refractivity contribution is 14.1. The van der Waals surface area contributed by atoms with Gasteiger partial charge in [0.25, 0.3) is 0 Å². The molecule has 2 saturated heterocycles. The molecule has 0 aromatic heterocycles. The third-order valence-corrected chi connectivity index (χ3v) is 6.87. The number of carbonyl (C=O) groups excluding carboxylic acids is 1. The number of nitrogens with zero attached hydrogens (tertiary/aromatic N) is 1. The third kappa shape index (κ3) is 3.71. The van der Waals surface area contributed by atoms with E-state index >= 15 is 0 Å². The summed E-state index contributed by atoms with van der Waals surface area (Å²) >= 11 is 4.77. The summed E-state index contributed by atoms with van der Waals surface area (Å²) in [5.74, 6) is 0.249. The first kappa shape index (κ1) is 17.9. The molecule has 0 radical (unpaired) electrons. The second kappa shape index (κ2) is 7.99. The fourth-order valence-electron chi connectivity index (χ4n) is 4.41. The molecule has 1 aromatic rings. The number of carbonyl (C=O) groups is 1. The number of methoxy groups -OCH3 is 1. The van der Waals surface area contributed by atoms with Gasteiger partial charge in [-0.1, -0.05) is 34.7 Å². The van der Waals surface area contributed by atoms with Crippen molar-refractivity contribution in [3.63, 3.8) is 0 Å². The number of piperidine rings is 1. The van der Waals surface area contributed by atoms with E-state index in [1.807, 2.05) is 0 Å². The Kier molecular flexibility index (Phi) is 6.23. The molecule has 4 atom stereocenters. The molecular formula is C18H23I2NO2. The van der Waals surface area contributed by atoms with Crippen LogP contribution in [-0.2, 0) is 9.53 Å². The minimum absolute atomic E-state index is 0.0203. The molecule has 0 N–H and O–H groups in total. The van der Waals surface area contributed by atoms with E-state index in [2.05, 4.69) is 74.3 Å². The van der Waals surface area contributed by atoms with E-state index in [-0.39, 0.29) is 11.9 Å². The fourth-order valence-corrected chi connectivity index (χ4v) is 5.11. The maximum absolute atomic E-state index is 12.6. The van der Waals surface area contributed by atoms with Crippen LogP contribution >= 0.6 is 45.2 Å². The Labute approximate surface area is 165 Å². The van der Waals surface area contributed by atoms with Gasteiger partial charge in [0, 0.05) is 26.0 Å². The van der Waals surface area contributed by atoms with E-state index in [0.29, 0.717) is 18.0 Å². The molecule has 2 aliphatic heterocycles. The van der Waals surface area contributed by atoms with Crippen LogP contribution in [0.25, 0.3) is 0 Å². The number of ether oxygens (including phenoxy) is 1. The minimum Gasteiger partial charge on any atom is -0.469 e. The van der Waals surface area contributed by atoms with Crippen molar-refractivity contribution in [2.75, 3.05) is 18.1 Å². The summed E-state index contributed by atoms with van der Waals surface area (Å²) in [5, 5.41) is 0. The van der Waals surface area contributed by atoms with Crippen molar-refractivity contribution in [2.45, 2.75) is 43.7 Å². The summed E-state index contributed by atoms with van der Waals surface area (Å²) in [4.78, 5) is 15.2. The Balaban J connectivity index is 1.88. The predicted octanol–water partition coefficient (Wildman–Crippen LogP) is 4.23. The molecular weight excluding hydrogens is 516 g/mol. The monoisotopic (exact) mass is 539 g/mol. The van der Waals surface area contributed by atoms with Gasteiger partial charge in [0.1, 0.15) is 0 Å². The highest BCUT2D eigenvalue weighted by Gasteiger charge is 2.50. The lowest BCUT2D eigenvalue weighted by molar-refractivity contribution is -0.150. The summed E-state index contributed by atoms with van der Waals surface area (Å²) in [7, 11) is 1.53. The van der Waals surface area contributed by atoms with E-state index in [9.17, 15) is 4.79 Å². The Hall–Kier alpha value is 0.110. The lowest BCUT2D eigenvalue weighted by Crippen LogP contribution is -2.51. The number of fused-ring (bicyclic) bond motifs is 2. The molecule has 2 bridgehead atoms. The number of esters is 1. The Bertz CT molecular complexity index is 548. The van der Waals surface area contributed by atoms with Gasteiger partial charge in [-0.15, -0.1) is 0 Å². The van der Waals surface area contributed by atoms with Gasteiger partial charge in [0.2, 0.25) is 0 Å². The molecule has 126 valence electrons. The maximum atomic E-state index is 12.6. The standard InChI is InChI=1S/C18H23I2NO2/c1-23-18(22)17-15(12-3-5-13(20)6-4-12)11-14-7-8-16(17)21(14)10-2-9-19/h3-6,14-17H,2,7-11H2,1H3. The molecule has 2 aliphatic rings. The third-order valence-electron chi connectivity index (χ3n) is 5.39. The molecule has 2 heterocycles. The quantitative estimate of drug-likeness (QED) is 0.319. The summed E-state index contributed by atoms with van der Waals surface area (Å²) in [5.41, 5.74) is 1.30. The van der Waals surface area contributed by atoms with Crippen molar-refractivity contribution >= 4 is 51.2 Å². The molecule has 0 spiro atoms. The van der Waals surface area contributed by atoms with Gasteiger partial charge in [-0.25, -0.2) is 0 Å². The van der Waals surface area contributed by atoms with Crippen LogP contribution in [0.15, 0.2) is 24.3 Å². The molecule has 0 aliphatic carbocycles. The maximum Gasteiger partial charge on any atom is 0.310 e. The molecule has 4 unspecified atom stereocenters. The summed E-state index contributed by atoms with van der Waals surface area (Å²) in [6.07, 6.45) is 4.64.